The van der Waals surface area contributed by atoms with Crippen LogP contribution in [0.5, 0.6) is 0 Å². The van der Waals surface area contributed by atoms with Crippen molar-refractivity contribution in [2.24, 2.45) is 23.2 Å². The Morgan fingerprint density at radius 1 is 1.08 bits per heavy atom. The Labute approximate surface area is 150 Å². The van der Waals surface area contributed by atoms with Crippen molar-refractivity contribution in [3.63, 3.8) is 0 Å². The van der Waals surface area contributed by atoms with Crippen LogP contribution in [-0.2, 0) is 4.79 Å². The monoisotopic (exact) mass is 353 g/mol. The van der Waals surface area contributed by atoms with Crippen LogP contribution in [0.1, 0.15) is 44.9 Å². The van der Waals surface area contributed by atoms with Gasteiger partial charge >= 0.3 is 5.69 Å². The second-order valence-electron chi connectivity index (χ2n) is 8.75. The summed E-state index contributed by atoms with van der Waals surface area (Å²) in [7, 11) is 0. The predicted octanol–water partition coefficient (Wildman–Crippen LogP) is 2.37. The van der Waals surface area contributed by atoms with Crippen LogP contribution in [0.3, 0.4) is 0 Å². The zero-order valence-electron chi connectivity index (χ0n) is 14.7. The van der Waals surface area contributed by atoms with Crippen molar-refractivity contribution < 1.29 is 4.79 Å². The molecule has 0 spiro atoms. The summed E-state index contributed by atoms with van der Waals surface area (Å²) in [5, 5.41) is 0.391. The van der Waals surface area contributed by atoms with E-state index in [1.807, 2.05) is 0 Å². The van der Waals surface area contributed by atoms with Crippen molar-refractivity contribution in [1.29, 1.82) is 0 Å². The average molecular weight is 353 g/mol. The van der Waals surface area contributed by atoms with Gasteiger partial charge in [-0.3, -0.25) is 15.0 Å². The molecule has 26 heavy (non-hydrogen) atoms. The van der Waals surface area contributed by atoms with Gasteiger partial charge in [0.25, 0.3) is 5.56 Å². The number of aromatic nitrogens is 2. The van der Waals surface area contributed by atoms with Crippen molar-refractivity contribution >= 4 is 16.8 Å². The van der Waals surface area contributed by atoms with Gasteiger partial charge in [0, 0.05) is 6.42 Å². The van der Waals surface area contributed by atoms with E-state index in [1.54, 1.807) is 24.3 Å². The van der Waals surface area contributed by atoms with Gasteiger partial charge < -0.3 is 4.98 Å². The topological polar surface area (TPSA) is 84.0 Å². The molecule has 4 aliphatic carbocycles. The number of carbonyl (C=O) groups excluding carboxylic acids is 1. The van der Waals surface area contributed by atoms with Gasteiger partial charge in [0.05, 0.1) is 10.9 Å². The first-order valence-corrected chi connectivity index (χ1v) is 9.55. The Balaban J connectivity index is 1.40. The summed E-state index contributed by atoms with van der Waals surface area (Å²) in [4.78, 5) is 40.2. The van der Waals surface area contributed by atoms with Gasteiger partial charge in [-0.2, -0.15) is 4.68 Å². The van der Waals surface area contributed by atoms with Gasteiger partial charge in [-0.05, 0) is 73.8 Å². The lowest BCUT2D eigenvalue weighted by molar-refractivity contribution is -0.125. The van der Waals surface area contributed by atoms with E-state index in [4.69, 9.17) is 0 Å². The molecule has 2 aromatic rings. The largest absolute Gasteiger partial charge is 0.348 e. The molecule has 1 aromatic heterocycles. The van der Waals surface area contributed by atoms with Crippen LogP contribution in [0.25, 0.3) is 10.9 Å². The molecule has 2 N–H and O–H groups in total. The van der Waals surface area contributed by atoms with Gasteiger partial charge in [0.15, 0.2) is 0 Å². The molecule has 1 aromatic carbocycles. The van der Waals surface area contributed by atoms with E-state index in [0.717, 1.165) is 41.7 Å². The number of hydrogen-bond acceptors (Lipinski definition) is 3. The molecule has 4 saturated carbocycles. The highest BCUT2D eigenvalue weighted by molar-refractivity contribution is 5.85. The highest BCUT2D eigenvalue weighted by Gasteiger charge is 2.51. The summed E-state index contributed by atoms with van der Waals surface area (Å²) in [5.74, 6) is 2.07. The van der Waals surface area contributed by atoms with Crippen LogP contribution >= 0.6 is 0 Å². The quantitative estimate of drug-likeness (QED) is 0.888. The van der Waals surface area contributed by atoms with E-state index >= 15 is 0 Å². The van der Waals surface area contributed by atoms with Crippen LogP contribution in [0.15, 0.2) is 33.9 Å². The molecule has 4 fully saturated rings. The lowest BCUT2D eigenvalue weighted by Crippen LogP contribution is -2.49. The number of hydrogen-bond donors (Lipinski definition) is 2. The first kappa shape index (κ1) is 15.9. The van der Waals surface area contributed by atoms with Crippen molar-refractivity contribution in [1.82, 2.24) is 9.66 Å². The minimum Gasteiger partial charge on any atom is -0.305 e. The smallest absolute Gasteiger partial charge is 0.305 e. The maximum atomic E-state index is 12.7. The zero-order valence-corrected chi connectivity index (χ0v) is 14.7. The number of H-pyrrole nitrogens is 1. The molecule has 6 nitrogen and oxygen atoms in total. The van der Waals surface area contributed by atoms with Crippen LogP contribution in [0, 0.1) is 23.2 Å². The number of para-hydroxylation sites is 1. The third-order valence-corrected chi connectivity index (χ3v) is 6.74. The van der Waals surface area contributed by atoms with Gasteiger partial charge in [-0.15, -0.1) is 0 Å². The number of nitrogens with zero attached hydrogens (tertiary/aromatic N) is 1. The molecule has 136 valence electrons. The Bertz CT molecular complexity index is 968. The maximum Gasteiger partial charge on any atom is 0.348 e. The molecule has 0 aliphatic heterocycles. The van der Waals surface area contributed by atoms with Crippen LogP contribution < -0.4 is 16.7 Å². The van der Waals surface area contributed by atoms with Gasteiger partial charge in [0.2, 0.25) is 5.91 Å². The SMILES string of the molecule is O=C(CC12CC3CC(CC(C3)C1)C2)Nn1c(=O)[nH]c2ccccc2c1=O. The Kier molecular flexibility index (Phi) is 3.39. The summed E-state index contributed by atoms with van der Waals surface area (Å²) in [6.45, 7) is 0. The fourth-order valence-corrected chi connectivity index (χ4v) is 6.28. The third-order valence-electron chi connectivity index (χ3n) is 6.74. The number of benzene rings is 1. The first-order chi connectivity index (χ1) is 12.5. The summed E-state index contributed by atoms with van der Waals surface area (Å²) in [6.07, 6.45) is 7.75. The summed E-state index contributed by atoms with van der Waals surface area (Å²) >= 11 is 0. The molecular formula is C20H23N3O3. The second-order valence-corrected chi connectivity index (χ2v) is 8.75. The van der Waals surface area contributed by atoms with Gasteiger partial charge in [0.1, 0.15) is 0 Å². The third kappa shape index (κ3) is 2.50. The van der Waals surface area contributed by atoms with E-state index in [2.05, 4.69) is 10.4 Å². The molecule has 0 unspecified atom stereocenters. The average Bonchev–Trinajstić information content (AvgIpc) is 2.57. The van der Waals surface area contributed by atoms with Gasteiger partial charge in [-0.25, -0.2) is 4.79 Å². The standard InChI is InChI=1S/C20H23N3O3/c24-17(11-20-8-12-5-13(9-20)7-14(6-12)10-20)22-23-18(25)15-3-1-2-4-16(15)21-19(23)26/h1-4,12-14H,5-11H2,(H,21,26)(H,22,24). The Morgan fingerprint density at radius 3 is 2.35 bits per heavy atom. The van der Waals surface area contributed by atoms with Crippen molar-refractivity contribution in [2.75, 3.05) is 5.43 Å². The molecule has 0 radical (unpaired) electrons. The fraction of sp³-hybridized carbons (Fsp3) is 0.550. The molecule has 4 bridgehead atoms. The number of fused-ring (bicyclic) bond motifs is 1. The molecule has 4 aliphatic rings. The highest BCUT2D eigenvalue weighted by Crippen LogP contribution is 2.61. The molecule has 0 atom stereocenters. The summed E-state index contributed by atoms with van der Waals surface area (Å²) in [5.41, 5.74) is 2.04. The number of nitrogens with one attached hydrogen (secondary N) is 2. The number of rotatable bonds is 3. The van der Waals surface area contributed by atoms with Gasteiger partial charge in [-0.1, -0.05) is 12.1 Å². The first-order valence-electron chi connectivity index (χ1n) is 9.55. The highest BCUT2D eigenvalue weighted by atomic mass is 16.2. The minimum atomic E-state index is -0.604. The Morgan fingerprint density at radius 2 is 1.69 bits per heavy atom. The van der Waals surface area contributed by atoms with Crippen molar-refractivity contribution in [2.45, 2.75) is 44.9 Å². The number of carbonyl (C=O) groups is 1. The normalized spacial score (nSPS) is 32.1. The molecule has 1 amide bonds. The van der Waals surface area contributed by atoms with Crippen LogP contribution in [-0.4, -0.2) is 15.6 Å². The maximum absolute atomic E-state index is 12.7. The second kappa shape index (κ2) is 5.56. The van der Waals surface area contributed by atoms with Crippen LogP contribution in [0.2, 0.25) is 0 Å². The van der Waals surface area contributed by atoms with E-state index in [1.165, 1.54) is 19.3 Å². The molecule has 0 saturated heterocycles. The molecule has 1 heterocycles. The minimum absolute atomic E-state index is 0.0754. The Hall–Kier alpha value is -2.37. The molecule has 6 rings (SSSR count). The number of amides is 1. The predicted molar refractivity (Wildman–Crippen MR) is 98.4 cm³/mol. The summed E-state index contributed by atoms with van der Waals surface area (Å²) in [6, 6.07) is 6.83. The summed E-state index contributed by atoms with van der Waals surface area (Å²) < 4.78 is 0.825. The van der Waals surface area contributed by atoms with Crippen molar-refractivity contribution in [3.8, 4) is 0 Å². The lowest BCUT2D eigenvalue weighted by atomic mass is 9.49. The number of aromatic amines is 1. The van der Waals surface area contributed by atoms with E-state index in [-0.39, 0.29) is 11.3 Å². The fourth-order valence-electron chi connectivity index (χ4n) is 6.28. The molecule has 6 heteroatoms. The molecular weight excluding hydrogens is 330 g/mol. The van der Waals surface area contributed by atoms with E-state index in [9.17, 15) is 14.4 Å². The van der Waals surface area contributed by atoms with Crippen molar-refractivity contribution in [3.05, 3.63) is 45.1 Å². The lowest BCUT2D eigenvalue weighted by Gasteiger charge is -2.56. The zero-order chi connectivity index (χ0) is 17.9. The van der Waals surface area contributed by atoms with Crippen LogP contribution in [0.4, 0.5) is 0 Å². The van der Waals surface area contributed by atoms with E-state index < -0.39 is 11.2 Å². The van der Waals surface area contributed by atoms with E-state index in [0.29, 0.717) is 17.3 Å².